The van der Waals surface area contributed by atoms with Crippen molar-refractivity contribution < 1.29 is 9.90 Å². The Hall–Kier alpha value is -2.56. The summed E-state index contributed by atoms with van der Waals surface area (Å²) in [5.74, 6) is 0.534. The fraction of sp³-hybridized carbons (Fsp3) is 0.455. The number of benzene rings is 1. The molecule has 0 aliphatic rings. The van der Waals surface area contributed by atoms with Crippen molar-refractivity contribution in [3.05, 3.63) is 46.6 Å². The second kappa shape index (κ2) is 7.22. The minimum absolute atomic E-state index is 0.141. The van der Waals surface area contributed by atoms with E-state index in [1.54, 1.807) is 6.07 Å². The van der Waals surface area contributed by atoms with E-state index in [2.05, 4.69) is 10.3 Å². The van der Waals surface area contributed by atoms with E-state index in [4.69, 9.17) is 5.73 Å². The largest absolute Gasteiger partial charge is 0.507 e. The van der Waals surface area contributed by atoms with Crippen LogP contribution in [0.25, 0.3) is 0 Å². The molecule has 0 saturated carbocycles. The third kappa shape index (κ3) is 5.22. The fourth-order valence-electron chi connectivity index (χ4n) is 3.08. The number of aromatic hydroxyl groups is 1. The lowest BCUT2D eigenvalue weighted by atomic mass is 9.79. The van der Waals surface area contributed by atoms with Gasteiger partial charge in [-0.15, -0.1) is 0 Å². The number of nitrogen functional groups attached to an aromatic ring is 1. The van der Waals surface area contributed by atoms with E-state index in [9.17, 15) is 9.90 Å². The van der Waals surface area contributed by atoms with Crippen LogP contribution in [0.3, 0.4) is 0 Å². The lowest BCUT2D eigenvalue weighted by molar-refractivity contribution is -0.115. The first-order valence-electron chi connectivity index (χ1n) is 9.18. The third-order valence-electron chi connectivity index (χ3n) is 4.39. The van der Waals surface area contributed by atoms with Crippen LogP contribution < -0.4 is 11.1 Å². The number of nitrogens with one attached hydrogen (secondary N) is 1. The van der Waals surface area contributed by atoms with Gasteiger partial charge in [-0.2, -0.15) is 0 Å². The van der Waals surface area contributed by atoms with Gasteiger partial charge >= 0.3 is 0 Å². The Morgan fingerprint density at radius 3 is 2.00 bits per heavy atom. The maximum absolute atomic E-state index is 12.6. The number of phenols is 1. The molecule has 0 unspecified atom stereocenters. The third-order valence-corrected chi connectivity index (χ3v) is 4.39. The number of amides is 1. The number of anilines is 2. The number of carbonyl (C=O) groups is 1. The Bertz CT molecular complexity index is 804. The van der Waals surface area contributed by atoms with Crippen LogP contribution in [0.2, 0.25) is 0 Å². The minimum Gasteiger partial charge on any atom is -0.507 e. The molecule has 0 bridgehead atoms. The highest BCUT2D eigenvalue weighted by atomic mass is 16.3. The smallest absolute Gasteiger partial charge is 0.230 e. The standard InChI is InChI=1S/C22H31N3O2/c1-13-8-14(24-18(23)9-13)12-19(26)25-15-10-16(21(2,3)4)20(27)17(11-15)22(5,6)7/h8-11,27H,12H2,1-7H3,(H2,23,24)(H,25,26). The average Bonchev–Trinajstić information content (AvgIpc) is 2.45. The lowest BCUT2D eigenvalue weighted by Gasteiger charge is -2.28. The van der Waals surface area contributed by atoms with Crippen LogP contribution in [-0.4, -0.2) is 16.0 Å². The summed E-state index contributed by atoms with van der Waals surface area (Å²) in [7, 11) is 0. The molecular weight excluding hydrogens is 338 g/mol. The highest BCUT2D eigenvalue weighted by molar-refractivity contribution is 5.92. The predicted molar refractivity (Wildman–Crippen MR) is 111 cm³/mol. The molecule has 1 aromatic carbocycles. The van der Waals surface area contributed by atoms with Gasteiger partial charge in [-0.25, -0.2) is 4.98 Å². The van der Waals surface area contributed by atoms with E-state index < -0.39 is 0 Å². The van der Waals surface area contributed by atoms with E-state index in [1.165, 1.54) is 0 Å². The molecule has 1 aromatic heterocycles. The number of phenolic OH excluding ortho intramolecular Hbond substituents is 1. The van der Waals surface area contributed by atoms with Crippen LogP contribution in [0.15, 0.2) is 24.3 Å². The summed E-state index contributed by atoms with van der Waals surface area (Å²) in [6.07, 6.45) is 0.141. The van der Waals surface area contributed by atoms with Crippen molar-refractivity contribution in [2.24, 2.45) is 0 Å². The lowest BCUT2D eigenvalue weighted by Crippen LogP contribution is -2.20. The van der Waals surface area contributed by atoms with Crippen LogP contribution in [-0.2, 0) is 22.0 Å². The molecule has 0 aliphatic heterocycles. The minimum atomic E-state index is -0.253. The summed E-state index contributed by atoms with van der Waals surface area (Å²) in [5, 5.41) is 13.7. The molecule has 1 heterocycles. The zero-order valence-electron chi connectivity index (χ0n) is 17.4. The number of aryl methyl sites for hydroxylation is 1. The van der Waals surface area contributed by atoms with Gasteiger partial charge in [0, 0.05) is 16.8 Å². The normalized spacial score (nSPS) is 12.1. The van der Waals surface area contributed by atoms with Crippen molar-refractivity contribution in [1.82, 2.24) is 4.98 Å². The second-order valence-electron chi connectivity index (χ2n) is 9.21. The number of pyridine rings is 1. The van der Waals surface area contributed by atoms with E-state index in [1.807, 2.05) is 66.7 Å². The van der Waals surface area contributed by atoms with Crippen molar-refractivity contribution in [3.63, 3.8) is 0 Å². The van der Waals surface area contributed by atoms with Crippen LogP contribution >= 0.6 is 0 Å². The number of hydrogen-bond donors (Lipinski definition) is 3. The first kappa shape index (κ1) is 20.7. The SMILES string of the molecule is Cc1cc(N)nc(CC(=O)Nc2cc(C(C)(C)C)c(O)c(C(C)(C)C)c2)c1. The van der Waals surface area contributed by atoms with E-state index in [-0.39, 0.29) is 23.2 Å². The van der Waals surface area contributed by atoms with Gasteiger partial charge in [-0.3, -0.25) is 4.79 Å². The van der Waals surface area contributed by atoms with Crippen LogP contribution in [0.5, 0.6) is 5.75 Å². The molecule has 5 nitrogen and oxygen atoms in total. The number of rotatable bonds is 3. The number of aromatic nitrogens is 1. The Balaban J connectivity index is 2.36. The summed E-state index contributed by atoms with van der Waals surface area (Å²) in [4.78, 5) is 16.8. The molecule has 1 amide bonds. The molecule has 5 heteroatoms. The first-order valence-corrected chi connectivity index (χ1v) is 9.18. The highest BCUT2D eigenvalue weighted by Crippen LogP contribution is 2.41. The van der Waals surface area contributed by atoms with Gasteiger partial charge in [0.15, 0.2) is 0 Å². The zero-order chi connectivity index (χ0) is 20.6. The molecule has 0 radical (unpaired) electrons. The van der Waals surface area contributed by atoms with Gasteiger partial charge in [-0.05, 0) is 47.6 Å². The fourth-order valence-corrected chi connectivity index (χ4v) is 3.08. The van der Waals surface area contributed by atoms with E-state index in [0.717, 1.165) is 16.7 Å². The summed E-state index contributed by atoms with van der Waals surface area (Å²) < 4.78 is 0. The molecule has 2 aromatic rings. The van der Waals surface area contributed by atoms with Crippen molar-refractivity contribution in [3.8, 4) is 5.75 Å². The van der Waals surface area contributed by atoms with Crippen LogP contribution in [0.1, 0.15) is 63.9 Å². The van der Waals surface area contributed by atoms with E-state index >= 15 is 0 Å². The van der Waals surface area contributed by atoms with Crippen molar-refractivity contribution in [2.75, 3.05) is 11.1 Å². The quantitative estimate of drug-likeness (QED) is 0.697. The zero-order valence-corrected chi connectivity index (χ0v) is 17.4. The van der Waals surface area contributed by atoms with E-state index in [0.29, 0.717) is 22.9 Å². The molecule has 0 fully saturated rings. The molecule has 27 heavy (non-hydrogen) atoms. The maximum atomic E-state index is 12.6. The van der Waals surface area contributed by atoms with Crippen LogP contribution in [0, 0.1) is 6.92 Å². The molecule has 0 spiro atoms. The van der Waals surface area contributed by atoms with Crippen LogP contribution in [0.4, 0.5) is 11.5 Å². The number of nitrogens with two attached hydrogens (primary N) is 1. The molecular formula is C22H31N3O2. The summed E-state index contributed by atoms with van der Waals surface area (Å²) >= 11 is 0. The van der Waals surface area contributed by atoms with Crippen molar-refractivity contribution in [1.29, 1.82) is 0 Å². The van der Waals surface area contributed by atoms with Gasteiger partial charge in [0.2, 0.25) is 5.91 Å². The Morgan fingerprint density at radius 1 is 1.04 bits per heavy atom. The predicted octanol–water partition coefficient (Wildman–Crippen LogP) is 4.45. The number of nitrogens with zero attached hydrogens (tertiary/aromatic N) is 1. The average molecular weight is 370 g/mol. The van der Waals surface area contributed by atoms with Crippen molar-refractivity contribution in [2.45, 2.75) is 65.7 Å². The number of hydrogen-bond acceptors (Lipinski definition) is 4. The van der Waals surface area contributed by atoms with Gasteiger partial charge < -0.3 is 16.2 Å². The Kier molecular flexibility index (Phi) is 5.55. The molecule has 146 valence electrons. The molecule has 0 atom stereocenters. The molecule has 4 N–H and O–H groups in total. The summed E-state index contributed by atoms with van der Waals surface area (Å²) in [6, 6.07) is 7.32. The van der Waals surface area contributed by atoms with Gasteiger partial charge in [0.05, 0.1) is 12.1 Å². The maximum Gasteiger partial charge on any atom is 0.230 e. The van der Waals surface area contributed by atoms with Gasteiger partial charge in [0.25, 0.3) is 0 Å². The molecule has 0 saturated heterocycles. The first-order chi connectivity index (χ1) is 12.3. The topological polar surface area (TPSA) is 88.2 Å². The van der Waals surface area contributed by atoms with Gasteiger partial charge in [0.1, 0.15) is 11.6 Å². The Labute approximate surface area is 162 Å². The highest BCUT2D eigenvalue weighted by Gasteiger charge is 2.26. The second-order valence-corrected chi connectivity index (χ2v) is 9.21. The summed E-state index contributed by atoms with van der Waals surface area (Å²) in [6.45, 7) is 14.2. The Morgan fingerprint density at radius 2 is 1.56 bits per heavy atom. The monoisotopic (exact) mass is 369 g/mol. The number of carbonyl (C=O) groups excluding carboxylic acids is 1. The van der Waals surface area contributed by atoms with Crippen molar-refractivity contribution >= 4 is 17.4 Å². The van der Waals surface area contributed by atoms with Gasteiger partial charge in [-0.1, -0.05) is 41.5 Å². The summed E-state index contributed by atoms with van der Waals surface area (Å²) in [5.41, 5.74) is 9.16. The molecule has 0 aliphatic carbocycles. The molecule has 2 rings (SSSR count).